The van der Waals surface area contributed by atoms with Gasteiger partial charge in [0, 0.05) is 16.7 Å². The zero-order valence-corrected chi connectivity index (χ0v) is 19.1. The normalized spacial score (nSPS) is 12.1. The van der Waals surface area contributed by atoms with Crippen molar-refractivity contribution in [1.82, 2.24) is 4.98 Å². The fourth-order valence-electron chi connectivity index (χ4n) is 5.08. The Morgan fingerprint density at radius 3 is 1.70 bits per heavy atom. The van der Waals surface area contributed by atoms with Crippen molar-refractivity contribution in [3.63, 3.8) is 0 Å². The van der Waals surface area contributed by atoms with Crippen LogP contribution in [0.4, 0.5) is 11.4 Å². The minimum absolute atomic E-state index is 0. The summed E-state index contributed by atoms with van der Waals surface area (Å²) in [5.41, 5.74) is 4.90. The molecule has 37 heavy (non-hydrogen) atoms. The number of carboxylic acid groups (broad SMARTS) is 3. The Hall–Kier alpha value is -4.71. The number of benzene rings is 4. The molecule has 2 aliphatic heterocycles. The summed E-state index contributed by atoms with van der Waals surface area (Å²) in [4.78, 5) is 49.5. The topological polar surface area (TPSA) is 151 Å². The first kappa shape index (κ1) is 22.7. The SMILES string of the molecule is O=C(O)c1ccc2c(c1)-c1c(c3c(c4c1[n-]c1ccc(C(=O)O)cc14)-c1cc(C(=O)O)ccc1N=3)=N2.[Li+]. The van der Waals surface area contributed by atoms with E-state index in [2.05, 4.69) is 0 Å². The third kappa shape index (κ3) is 3.02. The molecule has 0 radical (unpaired) electrons. The van der Waals surface area contributed by atoms with E-state index in [1.807, 2.05) is 0 Å². The fraction of sp³-hybridized carbons (Fsp3) is 0. The predicted molar refractivity (Wildman–Crippen MR) is 128 cm³/mol. The van der Waals surface area contributed by atoms with Gasteiger partial charge >= 0.3 is 36.8 Å². The Bertz CT molecular complexity index is 2040. The Balaban J connectivity index is 0.00000252. The molecule has 0 unspecified atom stereocenters. The second-order valence-electron chi connectivity index (χ2n) is 8.62. The van der Waals surface area contributed by atoms with Crippen molar-refractivity contribution in [2.45, 2.75) is 0 Å². The smallest absolute Gasteiger partial charge is 0.656 e. The van der Waals surface area contributed by atoms with Gasteiger partial charge in [-0.25, -0.2) is 24.4 Å². The number of hydrogen-bond acceptors (Lipinski definition) is 5. The summed E-state index contributed by atoms with van der Waals surface area (Å²) >= 11 is 0. The number of carbonyl (C=O) groups is 3. The first-order valence-corrected chi connectivity index (χ1v) is 10.8. The molecule has 1 aromatic heterocycles. The third-order valence-corrected chi connectivity index (χ3v) is 6.66. The molecule has 0 aliphatic carbocycles. The molecule has 172 valence electrons. The molecule has 0 saturated carbocycles. The van der Waals surface area contributed by atoms with Crippen LogP contribution in [0.2, 0.25) is 0 Å². The van der Waals surface area contributed by atoms with E-state index in [9.17, 15) is 29.7 Å². The van der Waals surface area contributed by atoms with E-state index in [1.165, 1.54) is 18.2 Å². The zero-order chi connectivity index (χ0) is 24.9. The number of carboxylic acids is 3. The van der Waals surface area contributed by atoms with E-state index in [0.29, 0.717) is 66.1 Å². The molecule has 4 aromatic carbocycles. The van der Waals surface area contributed by atoms with Crippen LogP contribution in [-0.2, 0) is 0 Å². The van der Waals surface area contributed by atoms with Gasteiger partial charge in [-0.1, -0.05) is 6.07 Å². The maximum Gasteiger partial charge on any atom is 1.00 e. The molecule has 10 heteroatoms. The molecule has 0 fully saturated rings. The van der Waals surface area contributed by atoms with Gasteiger partial charge in [0.1, 0.15) is 0 Å². The summed E-state index contributed by atoms with van der Waals surface area (Å²) in [5.74, 6) is -3.25. The van der Waals surface area contributed by atoms with Crippen molar-refractivity contribution in [2.75, 3.05) is 0 Å². The molecule has 0 amide bonds. The van der Waals surface area contributed by atoms with E-state index in [-0.39, 0.29) is 35.6 Å². The average molecular weight is 481 g/mol. The van der Waals surface area contributed by atoms with Gasteiger partial charge in [0.15, 0.2) is 0 Å². The second kappa shape index (κ2) is 7.64. The van der Waals surface area contributed by atoms with Crippen LogP contribution in [0.25, 0.3) is 44.1 Å². The van der Waals surface area contributed by atoms with Gasteiger partial charge in [-0.15, -0.1) is 11.0 Å². The molecule has 2 aliphatic rings. The van der Waals surface area contributed by atoms with E-state index < -0.39 is 17.9 Å². The molecule has 5 aromatic rings. The van der Waals surface area contributed by atoms with E-state index in [0.717, 1.165) is 0 Å². The monoisotopic (exact) mass is 481 g/mol. The molecule has 9 nitrogen and oxygen atoms in total. The average Bonchev–Trinajstić information content (AvgIpc) is 3.53. The fourth-order valence-corrected chi connectivity index (χ4v) is 5.08. The van der Waals surface area contributed by atoms with Crippen molar-refractivity contribution >= 4 is 51.1 Å². The first-order valence-electron chi connectivity index (χ1n) is 10.8. The van der Waals surface area contributed by atoms with Gasteiger partial charge in [0.25, 0.3) is 0 Å². The summed E-state index contributed by atoms with van der Waals surface area (Å²) < 4.78 is 0. The molecule has 7 rings (SSSR count). The third-order valence-electron chi connectivity index (χ3n) is 6.66. The Kier molecular flexibility index (Phi) is 4.69. The van der Waals surface area contributed by atoms with Crippen LogP contribution >= 0.6 is 0 Å². The van der Waals surface area contributed by atoms with Crippen LogP contribution in [0.15, 0.2) is 64.6 Å². The molecule has 0 spiro atoms. The molecule has 3 N–H and O–H groups in total. The zero-order valence-electron chi connectivity index (χ0n) is 19.1. The summed E-state index contributed by atoms with van der Waals surface area (Å²) in [7, 11) is 0. The van der Waals surface area contributed by atoms with Crippen LogP contribution in [-0.4, -0.2) is 33.2 Å². The van der Waals surface area contributed by atoms with Gasteiger partial charge in [-0.2, -0.15) is 0 Å². The number of aromatic carboxylic acids is 3. The van der Waals surface area contributed by atoms with Crippen LogP contribution in [0.1, 0.15) is 31.1 Å². The van der Waals surface area contributed by atoms with Crippen LogP contribution in [0, 0.1) is 0 Å². The van der Waals surface area contributed by atoms with Gasteiger partial charge in [-0.3, -0.25) is 0 Å². The Morgan fingerprint density at radius 2 is 1.14 bits per heavy atom. The molecule has 0 atom stereocenters. The molecule has 0 saturated heterocycles. The summed E-state index contributed by atoms with van der Waals surface area (Å²) in [6.07, 6.45) is 0. The summed E-state index contributed by atoms with van der Waals surface area (Å²) in [6, 6.07) is 13.9. The maximum atomic E-state index is 11.7. The Labute approximate surface area is 218 Å². The molecular weight excluding hydrogens is 469 g/mol. The summed E-state index contributed by atoms with van der Waals surface area (Å²) in [6.45, 7) is 0. The molecule has 0 bridgehead atoms. The molecular formula is C27H12LiN3O6. The van der Waals surface area contributed by atoms with E-state index in [1.54, 1.807) is 36.4 Å². The number of rotatable bonds is 3. The van der Waals surface area contributed by atoms with Crippen molar-refractivity contribution in [1.29, 1.82) is 0 Å². The van der Waals surface area contributed by atoms with Gasteiger partial charge in [0.05, 0.1) is 38.8 Å². The van der Waals surface area contributed by atoms with Crippen LogP contribution in [0.3, 0.4) is 0 Å². The minimum atomic E-state index is -1.09. The number of nitrogens with zero attached hydrogens (tertiary/aromatic N) is 3. The van der Waals surface area contributed by atoms with Crippen molar-refractivity contribution in [2.24, 2.45) is 9.98 Å². The van der Waals surface area contributed by atoms with Gasteiger partial charge in [0.2, 0.25) is 0 Å². The number of aromatic nitrogens is 1. The maximum absolute atomic E-state index is 11.7. The quantitative estimate of drug-likeness (QED) is 0.318. The van der Waals surface area contributed by atoms with Gasteiger partial charge < -0.3 is 20.3 Å². The van der Waals surface area contributed by atoms with Crippen molar-refractivity contribution in [3.8, 4) is 22.3 Å². The van der Waals surface area contributed by atoms with Gasteiger partial charge in [-0.05, 0) is 64.9 Å². The van der Waals surface area contributed by atoms with Crippen LogP contribution in [0.5, 0.6) is 0 Å². The summed E-state index contributed by atoms with van der Waals surface area (Å²) in [5, 5.41) is 31.0. The predicted octanol–water partition coefficient (Wildman–Crippen LogP) is 0.912. The molecule has 3 heterocycles. The largest absolute Gasteiger partial charge is 1.00 e. The van der Waals surface area contributed by atoms with Crippen molar-refractivity contribution in [3.05, 3.63) is 82.0 Å². The van der Waals surface area contributed by atoms with Crippen molar-refractivity contribution < 1.29 is 48.6 Å². The second-order valence-corrected chi connectivity index (χ2v) is 8.62. The standard InChI is InChI=1S/C27H13N3O6.Li/c31-25(32)10-1-4-16-13(7-10)19-20-14-8-11(26(33)34)2-5-17(14)29-23(20)24-21(22(19)28-16)15-9-12(27(35)36)3-6-18(15)30-24;/h1-9H,(H4,28,29,30,31,32,33,34,35,36);/q;+1/p-1. The first-order chi connectivity index (χ1) is 17.3. The number of hydrogen-bond donors (Lipinski definition) is 3. The minimum Gasteiger partial charge on any atom is -0.656 e. The number of fused-ring (bicyclic) bond motifs is 12. The van der Waals surface area contributed by atoms with E-state index in [4.69, 9.17) is 15.0 Å². The Morgan fingerprint density at radius 1 is 0.649 bits per heavy atom. The van der Waals surface area contributed by atoms with E-state index >= 15 is 0 Å². The van der Waals surface area contributed by atoms with Crippen LogP contribution < -0.4 is 34.6 Å².